The fourth-order valence-corrected chi connectivity index (χ4v) is 7.38. The molecule has 3 aromatic rings. The Balaban J connectivity index is 1.54. The number of hydrogen-bond donors (Lipinski definition) is 4. The second-order valence-corrected chi connectivity index (χ2v) is 14.0. The summed E-state index contributed by atoms with van der Waals surface area (Å²) in [6.45, 7) is 6.80. The Morgan fingerprint density at radius 3 is 2.72 bits per heavy atom. The summed E-state index contributed by atoms with van der Waals surface area (Å²) in [6, 6.07) is 1.87. The van der Waals surface area contributed by atoms with Gasteiger partial charge in [0.1, 0.15) is 32.3 Å². The highest BCUT2D eigenvalue weighted by Gasteiger charge is 2.48. The van der Waals surface area contributed by atoms with E-state index in [1.807, 2.05) is 33.0 Å². The van der Waals surface area contributed by atoms with Gasteiger partial charge in [-0.15, -0.1) is 11.3 Å². The lowest BCUT2D eigenvalue weighted by molar-refractivity contribution is -0.0442. The average molecular weight is 577 g/mol. The van der Waals surface area contributed by atoms with Gasteiger partial charge in [-0.05, 0) is 52.5 Å². The Labute approximate surface area is 232 Å². The largest absolute Gasteiger partial charge is 0.388 e. The van der Waals surface area contributed by atoms with Gasteiger partial charge >= 0.3 is 0 Å². The average Bonchev–Trinajstić information content (AvgIpc) is 3.56. The van der Waals surface area contributed by atoms with Crippen molar-refractivity contribution in [3.05, 3.63) is 23.7 Å². The van der Waals surface area contributed by atoms with E-state index < -0.39 is 27.6 Å². The maximum absolute atomic E-state index is 11.9. The van der Waals surface area contributed by atoms with Crippen molar-refractivity contribution in [2.45, 2.75) is 70.2 Å². The smallest absolute Gasteiger partial charge is 0.225 e. The molecule has 212 valence electrons. The second-order valence-electron chi connectivity index (χ2n) is 10.8. The van der Waals surface area contributed by atoms with E-state index in [-0.39, 0.29) is 18.2 Å². The van der Waals surface area contributed by atoms with Crippen molar-refractivity contribution >= 4 is 43.2 Å². The van der Waals surface area contributed by atoms with E-state index in [1.54, 1.807) is 0 Å². The first kappa shape index (κ1) is 28.1. The molecule has 4 N–H and O–H groups in total. The number of rotatable bonds is 11. The third kappa shape index (κ3) is 6.17. The monoisotopic (exact) mass is 576 g/mol. The number of aliphatic hydroxyl groups excluding tert-OH is 1. The zero-order chi connectivity index (χ0) is 27.9. The third-order valence-electron chi connectivity index (χ3n) is 7.23. The van der Waals surface area contributed by atoms with Crippen LogP contribution in [0.3, 0.4) is 0 Å². The summed E-state index contributed by atoms with van der Waals surface area (Å²) < 4.78 is 30.3. The minimum atomic E-state index is -3.33. The Hall–Kier alpha value is -2.45. The van der Waals surface area contributed by atoms with E-state index in [0.29, 0.717) is 53.6 Å². The molecule has 13 heteroatoms. The maximum atomic E-state index is 11.9. The summed E-state index contributed by atoms with van der Waals surface area (Å²) in [5, 5.41) is 29.5. The van der Waals surface area contributed by atoms with Crippen LogP contribution in [0.1, 0.15) is 56.8 Å². The highest BCUT2D eigenvalue weighted by atomic mass is 32.2. The van der Waals surface area contributed by atoms with Gasteiger partial charge in [0.15, 0.2) is 5.72 Å². The number of anilines is 2. The van der Waals surface area contributed by atoms with E-state index in [1.165, 1.54) is 11.3 Å². The number of thiazole rings is 1. The number of aliphatic hydroxyl groups is 2. The second kappa shape index (κ2) is 10.8. The zero-order valence-electron chi connectivity index (χ0n) is 22.6. The Kier molecular flexibility index (Phi) is 7.81. The summed E-state index contributed by atoms with van der Waals surface area (Å²) in [7, 11) is -3.33. The first-order valence-electron chi connectivity index (χ1n) is 13.3. The van der Waals surface area contributed by atoms with E-state index in [4.69, 9.17) is 14.7 Å². The molecule has 0 aromatic carbocycles. The van der Waals surface area contributed by atoms with Crippen LogP contribution in [0.2, 0.25) is 0 Å². The Morgan fingerprint density at radius 2 is 2.03 bits per heavy atom. The molecule has 0 aliphatic heterocycles. The predicted octanol–water partition coefficient (Wildman–Crippen LogP) is 3.09. The summed E-state index contributed by atoms with van der Waals surface area (Å²) in [6.07, 6.45) is 4.37. The maximum Gasteiger partial charge on any atom is 0.225 e. The predicted molar refractivity (Wildman–Crippen MR) is 152 cm³/mol. The van der Waals surface area contributed by atoms with Gasteiger partial charge in [-0.3, -0.25) is 4.98 Å². The molecule has 3 heterocycles. The SMILES string of the molecule is CCOC[C@@H](C)Nc1nc(C)c(-c2nc3c(C4CC4)nccc3s2)c(N[C@@]2(O)CC[C@H](CS(C)(=O)=O)[C@H]2O)n1. The molecule has 0 radical (unpaired) electrons. The molecule has 0 bridgehead atoms. The molecule has 39 heavy (non-hydrogen) atoms. The van der Waals surface area contributed by atoms with Crippen molar-refractivity contribution in [3.8, 4) is 10.6 Å². The van der Waals surface area contributed by atoms with E-state index in [0.717, 1.165) is 35.0 Å². The van der Waals surface area contributed by atoms with Gasteiger partial charge in [-0.1, -0.05) is 0 Å². The van der Waals surface area contributed by atoms with Gasteiger partial charge in [0.05, 0.1) is 34.0 Å². The Morgan fingerprint density at radius 1 is 1.26 bits per heavy atom. The summed E-state index contributed by atoms with van der Waals surface area (Å²) >= 11 is 1.50. The molecule has 0 amide bonds. The van der Waals surface area contributed by atoms with Crippen LogP contribution in [-0.4, -0.2) is 81.7 Å². The van der Waals surface area contributed by atoms with Crippen LogP contribution in [0.4, 0.5) is 11.8 Å². The van der Waals surface area contributed by atoms with Crippen LogP contribution in [0, 0.1) is 12.8 Å². The molecule has 0 unspecified atom stereocenters. The molecule has 5 rings (SSSR count). The van der Waals surface area contributed by atoms with Gasteiger partial charge < -0.3 is 25.6 Å². The van der Waals surface area contributed by atoms with Gasteiger partial charge in [0.25, 0.3) is 0 Å². The number of nitrogens with zero attached hydrogens (tertiary/aromatic N) is 4. The number of aromatic nitrogens is 4. The molecule has 0 spiro atoms. The van der Waals surface area contributed by atoms with Crippen LogP contribution in [0.15, 0.2) is 12.3 Å². The van der Waals surface area contributed by atoms with Crippen molar-refractivity contribution in [2.75, 3.05) is 35.9 Å². The first-order chi connectivity index (χ1) is 18.5. The summed E-state index contributed by atoms with van der Waals surface area (Å²) in [5.41, 5.74) is 1.36. The summed E-state index contributed by atoms with van der Waals surface area (Å²) in [5.74, 6) is 0.288. The molecule has 4 atom stereocenters. The standard InChI is InChI=1S/C26H36N6O5S2/c1-5-37-12-14(2)28-25-29-15(3)19(24-30-21-18(38-24)9-11-27-20(21)16-6-7-16)23(31-25)32-26(34)10-8-17(22(26)33)13-39(4,35)36/h9,11,14,16-17,22,33-34H,5-8,10,12-13H2,1-4H3,(H2,28,29,31,32)/t14-,17-,22-,26-/m1/s1. The minimum Gasteiger partial charge on any atom is -0.388 e. The van der Waals surface area contributed by atoms with Gasteiger partial charge in [-0.2, -0.15) is 4.98 Å². The molecule has 2 fully saturated rings. The van der Waals surface area contributed by atoms with Crippen molar-refractivity contribution in [1.29, 1.82) is 0 Å². The van der Waals surface area contributed by atoms with Gasteiger partial charge in [-0.25, -0.2) is 18.4 Å². The number of aryl methyl sites for hydroxylation is 1. The fraction of sp³-hybridized carbons (Fsp3) is 0.615. The lowest BCUT2D eigenvalue weighted by Gasteiger charge is -2.31. The number of ether oxygens (including phenoxy) is 1. The zero-order valence-corrected chi connectivity index (χ0v) is 24.3. The molecule has 2 saturated carbocycles. The van der Waals surface area contributed by atoms with Crippen LogP contribution in [0.5, 0.6) is 0 Å². The normalized spacial score (nSPS) is 24.3. The first-order valence-corrected chi connectivity index (χ1v) is 16.2. The third-order valence-corrected chi connectivity index (χ3v) is 9.31. The molecule has 11 nitrogen and oxygen atoms in total. The van der Waals surface area contributed by atoms with Crippen molar-refractivity contribution < 1.29 is 23.4 Å². The molecular weight excluding hydrogens is 540 g/mol. The molecule has 2 aliphatic rings. The summed E-state index contributed by atoms with van der Waals surface area (Å²) in [4.78, 5) is 18.9. The molecule has 2 aliphatic carbocycles. The van der Waals surface area contributed by atoms with E-state index in [9.17, 15) is 18.6 Å². The topological polar surface area (TPSA) is 159 Å². The number of sulfone groups is 1. The van der Waals surface area contributed by atoms with Crippen molar-refractivity contribution in [2.24, 2.45) is 5.92 Å². The van der Waals surface area contributed by atoms with Crippen LogP contribution in [-0.2, 0) is 14.6 Å². The highest BCUT2D eigenvalue weighted by molar-refractivity contribution is 7.90. The molecule has 3 aromatic heterocycles. The Bertz CT molecular complexity index is 1460. The molecule has 0 saturated heterocycles. The number of nitrogens with one attached hydrogen (secondary N) is 2. The number of pyridine rings is 1. The van der Waals surface area contributed by atoms with Gasteiger partial charge in [0, 0.05) is 36.9 Å². The van der Waals surface area contributed by atoms with Crippen LogP contribution >= 0.6 is 11.3 Å². The fourth-order valence-electron chi connectivity index (χ4n) is 5.18. The number of fused-ring (bicyclic) bond motifs is 1. The minimum absolute atomic E-state index is 0.0722. The number of hydrogen-bond acceptors (Lipinski definition) is 12. The molecular formula is C26H36N6O5S2. The van der Waals surface area contributed by atoms with Gasteiger partial charge in [0.2, 0.25) is 5.95 Å². The van der Waals surface area contributed by atoms with E-state index in [2.05, 4.69) is 20.6 Å². The van der Waals surface area contributed by atoms with E-state index >= 15 is 0 Å². The van der Waals surface area contributed by atoms with Crippen LogP contribution < -0.4 is 10.6 Å². The van der Waals surface area contributed by atoms with Crippen LogP contribution in [0.25, 0.3) is 20.8 Å². The quantitative estimate of drug-likeness (QED) is 0.248. The lowest BCUT2D eigenvalue weighted by Crippen LogP contribution is -2.48. The highest BCUT2D eigenvalue weighted by Crippen LogP contribution is 2.45. The van der Waals surface area contributed by atoms with Crippen molar-refractivity contribution in [3.63, 3.8) is 0 Å². The lowest BCUT2D eigenvalue weighted by atomic mass is 10.0. The van der Waals surface area contributed by atoms with Crippen molar-refractivity contribution in [1.82, 2.24) is 19.9 Å².